The number of anilines is 1. The summed E-state index contributed by atoms with van der Waals surface area (Å²) in [4.78, 5) is 26.7. The molecule has 1 N–H and O–H groups in total. The number of ether oxygens (including phenoxy) is 1. The Balaban J connectivity index is 1.63. The minimum absolute atomic E-state index is 0.0470. The molecule has 1 saturated heterocycles. The predicted octanol–water partition coefficient (Wildman–Crippen LogP) is 3.02. The van der Waals surface area contributed by atoms with Gasteiger partial charge in [-0.25, -0.2) is 0 Å². The fraction of sp³-hybridized carbons (Fsp3) is 0.421. The number of nitrogens with zero attached hydrogens (tertiary/aromatic N) is 2. The van der Waals surface area contributed by atoms with Crippen molar-refractivity contribution in [3.8, 4) is 5.75 Å². The van der Waals surface area contributed by atoms with E-state index < -0.39 is 0 Å². The van der Waals surface area contributed by atoms with Gasteiger partial charge in [-0.15, -0.1) is 0 Å². The van der Waals surface area contributed by atoms with Gasteiger partial charge in [0.05, 0.1) is 5.56 Å². The molecular formula is C19H23N3O4. The molecule has 0 radical (unpaired) electrons. The average Bonchev–Trinajstić information content (AvgIpc) is 2.88. The van der Waals surface area contributed by atoms with Crippen molar-refractivity contribution in [2.24, 2.45) is 0 Å². The number of hydrogen-bond acceptors (Lipinski definition) is 5. The van der Waals surface area contributed by atoms with E-state index in [0.29, 0.717) is 22.9 Å². The summed E-state index contributed by atoms with van der Waals surface area (Å²) in [6, 6.07) is 8.46. The van der Waals surface area contributed by atoms with Gasteiger partial charge in [-0.3, -0.25) is 9.59 Å². The second-order valence-electron chi connectivity index (χ2n) is 6.36. The van der Waals surface area contributed by atoms with E-state index in [4.69, 9.17) is 9.26 Å². The van der Waals surface area contributed by atoms with Crippen LogP contribution in [-0.2, 0) is 4.79 Å². The Kier molecular flexibility index (Phi) is 5.88. The normalized spacial score (nSPS) is 14.6. The van der Waals surface area contributed by atoms with Gasteiger partial charge in [0.1, 0.15) is 11.5 Å². The summed E-state index contributed by atoms with van der Waals surface area (Å²) in [5.41, 5.74) is 0.344. The molecule has 2 heterocycles. The number of amides is 2. The lowest BCUT2D eigenvalue weighted by Gasteiger charge is -2.20. The SMILES string of the molecule is Cc1cc(NC(=O)c2ccccc2OCC(=O)N2CCCCCC2)no1. The van der Waals surface area contributed by atoms with Gasteiger partial charge in [-0.1, -0.05) is 30.1 Å². The number of aryl methyl sites for hydroxylation is 1. The van der Waals surface area contributed by atoms with Crippen LogP contribution in [0.5, 0.6) is 5.75 Å². The first-order valence-electron chi connectivity index (χ1n) is 8.88. The Morgan fingerprint density at radius 1 is 1.19 bits per heavy atom. The van der Waals surface area contributed by atoms with E-state index >= 15 is 0 Å². The van der Waals surface area contributed by atoms with E-state index in [2.05, 4.69) is 10.5 Å². The van der Waals surface area contributed by atoms with Crippen molar-refractivity contribution in [1.82, 2.24) is 10.1 Å². The third-order valence-corrected chi connectivity index (χ3v) is 4.31. The van der Waals surface area contributed by atoms with E-state index in [1.807, 2.05) is 4.90 Å². The van der Waals surface area contributed by atoms with Crippen LogP contribution in [0.1, 0.15) is 41.8 Å². The fourth-order valence-electron chi connectivity index (χ4n) is 2.94. The molecule has 7 nitrogen and oxygen atoms in total. The molecule has 138 valence electrons. The van der Waals surface area contributed by atoms with Gasteiger partial charge in [-0.05, 0) is 31.9 Å². The number of carbonyl (C=O) groups excluding carboxylic acids is 2. The molecule has 0 unspecified atom stereocenters. The molecule has 26 heavy (non-hydrogen) atoms. The van der Waals surface area contributed by atoms with Gasteiger partial charge >= 0.3 is 0 Å². The van der Waals surface area contributed by atoms with Gasteiger partial charge in [0, 0.05) is 19.2 Å². The lowest BCUT2D eigenvalue weighted by atomic mass is 10.2. The topological polar surface area (TPSA) is 84.7 Å². The van der Waals surface area contributed by atoms with Crippen LogP contribution in [-0.4, -0.2) is 41.6 Å². The summed E-state index contributed by atoms with van der Waals surface area (Å²) < 4.78 is 10.6. The van der Waals surface area contributed by atoms with Crippen molar-refractivity contribution in [2.75, 3.05) is 25.0 Å². The molecule has 0 saturated carbocycles. The second kappa shape index (κ2) is 8.51. The number of aromatic nitrogens is 1. The zero-order valence-corrected chi connectivity index (χ0v) is 14.9. The van der Waals surface area contributed by atoms with E-state index in [1.54, 1.807) is 37.3 Å². The third kappa shape index (κ3) is 4.62. The highest BCUT2D eigenvalue weighted by molar-refractivity contribution is 6.05. The molecule has 1 aromatic carbocycles. The molecule has 7 heteroatoms. The second-order valence-corrected chi connectivity index (χ2v) is 6.36. The number of benzene rings is 1. The molecular weight excluding hydrogens is 334 g/mol. The highest BCUT2D eigenvalue weighted by atomic mass is 16.5. The number of rotatable bonds is 5. The lowest BCUT2D eigenvalue weighted by Crippen LogP contribution is -2.35. The van der Waals surface area contributed by atoms with Crippen LogP contribution in [0.25, 0.3) is 0 Å². The summed E-state index contributed by atoms with van der Waals surface area (Å²) in [6.45, 7) is 3.22. The zero-order valence-electron chi connectivity index (χ0n) is 14.9. The van der Waals surface area contributed by atoms with Crippen molar-refractivity contribution >= 4 is 17.6 Å². The largest absolute Gasteiger partial charge is 0.483 e. The van der Waals surface area contributed by atoms with Crippen molar-refractivity contribution in [1.29, 1.82) is 0 Å². The Hall–Kier alpha value is -2.83. The highest BCUT2D eigenvalue weighted by Crippen LogP contribution is 2.20. The minimum Gasteiger partial charge on any atom is -0.483 e. The van der Waals surface area contributed by atoms with E-state index in [9.17, 15) is 9.59 Å². The minimum atomic E-state index is -0.365. The number of para-hydroxylation sites is 1. The standard InChI is InChI=1S/C19H23N3O4/c1-14-12-17(21-26-14)20-19(24)15-8-4-5-9-16(15)25-13-18(23)22-10-6-2-3-7-11-22/h4-5,8-9,12H,2-3,6-7,10-11,13H2,1H3,(H,20,21,24). The summed E-state index contributed by atoms with van der Waals surface area (Å²) in [6.07, 6.45) is 4.38. The fourth-order valence-corrected chi connectivity index (χ4v) is 2.94. The molecule has 1 aromatic heterocycles. The van der Waals surface area contributed by atoms with Crippen LogP contribution in [0.3, 0.4) is 0 Å². The molecule has 0 atom stereocenters. The van der Waals surface area contributed by atoms with Crippen molar-refractivity contribution in [3.05, 3.63) is 41.7 Å². The molecule has 0 aliphatic carbocycles. The maximum Gasteiger partial charge on any atom is 0.260 e. The molecule has 0 spiro atoms. The summed E-state index contributed by atoms with van der Waals surface area (Å²) in [5, 5.41) is 6.41. The first kappa shape index (κ1) is 18.0. The highest BCUT2D eigenvalue weighted by Gasteiger charge is 2.18. The molecule has 2 amide bonds. The number of carbonyl (C=O) groups is 2. The summed E-state index contributed by atoms with van der Waals surface area (Å²) in [7, 11) is 0. The first-order chi connectivity index (χ1) is 12.6. The van der Waals surface area contributed by atoms with E-state index in [-0.39, 0.29) is 18.4 Å². The van der Waals surface area contributed by atoms with Crippen LogP contribution < -0.4 is 10.1 Å². The van der Waals surface area contributed by atoms with Gasteiger partial charge < -0.3 is 19.5 Å². The average molecular weight is 357 g/mol. The van der Waals surface area contributed by atoms with Gasteiger partial charge in [0.25, 0.3) is 11.8 Å². The monoisotopic (exact) mass is 357 g/mol. The van der Waals surface area contributed by atoms with Crippen molar-refractivity contribution < 1.29 is 18.8 Å². The maximum atomic E-state index is 12.5. The smallest absolute Gasteiger partial charge is 0.260 e. The molecule has 3 rings (SSSR count). The van der Waals surface area contributed by atoms with Crippen LogP contribution in [0.4, 0.5) is 5.82 Å². The van der Waals surface area contributed by atoms with Gasteiger partial charge in [0.2, 0.25) is 0 Å². The van der Waals surface area contributed by atoms with Gasteiger partial charge in [-0.2, -0.15) is 0 Å². The third-order valence-electron chi connectivity index (χ3n) is 4.31. The summed E-state index contributed by atoms with van der Waals surface area (Å²) in [5.74, 6) is 0.898. The first-order valence-corrected chi connectivity index (χ1v) is 8.88. The van der Waals surface area contributed by atoms with Crippen molar-refractivity contribution in [3.63, 3.8) is 0 Å². The number of likely N-dealkylation sites (tertiary alicyclic amines) is 1. The number of nitrogens with one attached hydrogen (secondary N) is 1. The van der Waals surface area contributed by atoms with Crippen LogP contribution in [0, 0.1) is 6.92 Å². The molecule has 2 aromatic rings. The van der Waals surface area contributed by atoms with Crippen molar-refractivity contribution in [2.45, 2.75) is 32.6 Å². The van der Waals surface area contributed by atoms with Gasteiger partial charge in [0.15, 0.2) is 12.4 Å². The Labute approximate surface area is 152 Å². The van der Waals surface area contributed by atoms with E-state index in [0.717, 1.165) is 38.8 Å². The Morgan fingerprint density at radius 2 is 1.92 bits per heavy atom. The maximum absolute atomic E-state index is 12.5. The van der Waals surface area contributed by atoms with Crippen LogP contribution in [0.2, 0.25) is 0 Å². The lowest BCUT2D eigenvalue weighted by molar-refractivity contribution is -0.133. The predicted molar refractivity (Wildman–Crippen MR) is 96.2 cm³/mol. The van der Waals surface area contributed by atoms with Crippen LogP contribution >= 0.6 is 0 Å². The molecule has 1 aliphatic rings. The molecule has 1 fully saturated rings. The molecule has 0 bridgehead atoms. The summed E-state index contributed by atoms with van der Waals surface area (Å²) >= 11 is 0. The molecule has 1 aliphatic heterocycles. The Morgan fingerprint density at radius 3 is 2.62 bits per heavy atom. The number of hydrogen-bond donors (Lipinski definition) is 1. The Bertz CT molecular complexity index is 764. The zero-order chi connectivity index (χ0) is 18.4. The van der Waals surface area contributed by atoms with E-state index in [1.165, 1.54) is 0 Å². The quantitative estimate of drug-likeness (QED) is 0.889. The van der Waals surface area contributed by atoms with Crippen LogP contribution in [0.15, 0.2) is 34.9 Å².